The molecule has 1 aromatic carbocycles. The fourth-order valence-electron chi connectivity index (χ4n) is 3.99. The lowest BCUT2D eigenvalue weighted by atomic mass is 10.0. The number of nitrogens with zero attached hydrogens (tertiary/aromatic N) is 4. The van der Waals surface area contributed by atoms with E-state index in [2.05, 4.69) is 61.7 Å². The van der Waals surface area contributed by atoms with Gasteiger partial charge in [0.05, 0.1) is 0 Å². The first-order valence-corrected chi connectivity index (χ1v) is 10.8. The molecule has 2 heterocycles. The van der Waals surface area contributed by atoms with Gasteiger partial charge >= 0.3 is 0 Å². The minimum atomic E-state index is 0.529. The minimum absolute atomic E-state index is 0.529. The van der Waals surface area contributed by atoms with E-state index in [1.54, 1.807) is 0 Å². The van der Waals surface area contributed by atoms with Crippen molar-refractivity contribution in [2.24, 2.45) is 10.9 Å². The average Bonchev–Trinajstić information content (AvgIpc) is 3.14. The van der Waals surface area contributed by atoms with Crippen molar-refractivity contribution in [3.63, 3.8) is 0 Å². The molecule has 0 spiro atoms. The van der Waals surface area contributed by atoms with Crippen LogP contribution in [0.5, 0.6) is 0 Å². The highest BCUT2D eigenvalue weighted by Gasteiger charge is 2.22. The lowest BCUT2D eigenvalue weighted by Gasteiger charge is -2.34. The molecule has 3 N–H and O–H groups in total. The van der Waals surface area contributed by atoms with E-state index in [-0.39, 0.29) is 0 Å². The zero-order valence-electron chi connectivity index (χ0n) is 18.0. The third-order valence-corrected chi connectivity index (χ3v) is 5.66. The zero-order valence-corrected chi connectivity index (χ0v) is 18.0. The molecule has 0 radical (unpaired) electrons. The molecule has 2 aromatic rings. The number of hydrogen-bond donors (Lipinski definition) is 3. The fraction of sp³-hybridized carbons (Fsp3) is 0.591. The van der Waals surface area contributed by atoms with E-state index in [0.29, 0.717) is 18.5 Å². The number of guanidine groups is 1. The van der Waals surface area contributed by atoms with Crippen molar-refractivity contribution in [3.8, 4) is 11.4 Å². The minimum Gasteiger partial charge on any atom is -0.355 e. The summed E-state index contributed by atoms with van der Waals surface area (Å²) in [5.41, 5.74) is 2.21. The number of rotatable bonds is 7. The second kappa shape index (κ2) is 11.0. The summed E-state index contributed by atoms with van der Waals surface area (Å²) in [7, 11) is 1.83. The molecule has 1 unspecified atom stereocenters. The van der Waals surface area contributed by atoms with Crippen LogP contribution in [0.3, 0.4) is 0 Å². The molecule has 0 amide bonds. The predicted molar refractivity (Wildman–Crippen MR) is 119 cm³/mol. The Morgan fingerprint density at radius 3 is 2.62 bits per heavy atom. The van der Waals surface area contributed by atoms with Crippen molar-refractivity contribution in [1.29, 1.82) is 0 Å². The largest absolute Gasteiger partial charge is 0.355 e. The Balaban J connectivity index is 1.54. The lowest BCUT2D eigenvalue weighted by Crippen LogP contribution is -2.49. The molecule has 7 heteroatoms. The highest BCUT2D eigenvalue weighted by Crippen LogP contribution is 2.17. The number of aromatic nitrogens is 3. The first-order valence-electron chi connectivity index (χ1n) is 10.8. The van der Waals surface area contributed by atoms with E-state index in [0.717, 1.165) is 23.9 Å². The Labute approximate surface area is 174 Å². The van der Waals surface area contributed by atoms with Gasteiger partial charge in [-0.1, -0.05) is 44.9 Å². The van der Waals surface area contributed by atoms with Crippen LogP contribution in [0.1, 0.15) is 45.1 Å². The van der Waals surface area contributed by atoms with Crippen LogP contribution in [0.15, 0.2) is 35.6 Å². The third-order valence-electron chi connectivity index (χ3n) is 5.66. The number of H-pyrrole nitrogens is 1. The highest BCUT2D eigenvalue weighted by molar-refractivity contribution is 5.79. The molecular weight excluding hydrogens is 362 g/mol. The molecule has 0 bridgehead atoms. The first-order chi connectivity index (χ1) is 14.2. The van der Waals surface area contributed by atoms with Gasteiger partial charge < -0.3 is 10.6 Å². The smallest absolute Gasteiger partial charge is 0.191 e. The van der Waals surface area contributed by atoms with Crippen LogP contribution in [-0.4, -0.2) is 58.8 Å². The van der Waals surface area contributed by atoms with Crippen molar-refractivity contribution in [2.75, 3.05) is 26.7 Å². The predicted octanol–water partition coefficient (Wildman–Crippen LogP) is 3.04. The van der Waals surface area contributed by atoms with Gasteiger partial charge in [0.25, 0.3) is 0 Å². The maximum atomic E-state index is 4.42. The molecule has 158 valence electrons. The average molecular weight is 398 g/mol. The van der Waals surface area contributed by atoms with Gasteiger partial charge in [-0.05, 0) is 43.5 Å². The van der Waals surface area contributed by atoms with Crippen molar-refractivity contribution >= 4 is 5.96 Å². The molecule has 1 fully saturated rings. The maximum absolute atomic E-state index is 4.42. The van der Waals surface area contributed by atoms with Crippen molar-refractivity contribution in [3.05, 3.63) is 36.2 Å². The Morgan fingerprint density at radius 2 is 1.97 bits per heavy atom. The summed E-state index contributed by atoms with van der Waals surface area (Å²) in [5, 5.41) is 13.8. The quantitative estimate of drug-likeness (QED) is 0.494. The summed E-state index contributed by atoms with van der Waals surface area (Å²) in [4.78, 5) is 11.3. The van der Waals surface area contributed by atoms with E-state index in [9.17, 15) is 0 Å². The molecule has 1 aliphatic heterocycles. The van der Waals surface area contributed by atoms with Gasteiger partial charge in [-0.15, -0.1) is 0 Å². The summed E-state index contributed by atoms with van der Waals surface area (Å²) in [6, 6.07) is 8.83. The summed E-state index contributed by atoms with van der Waals surface area (Å²) in [5.74, 6) is 2.24. The second-order valence-electron chi connectivity index (χ2n) is 8.10. The highest BCUT2D eigenvalue weighted by atomic mass is 15.2. The van der Waals surface area contributed by atoms with Gasteiger partial charge in [0.2, 0.25) is 0 Å². The normalized spacial score (nSPS) is 17.2. The third kappa shape index (κ3) is 6.29. The van der Waals surface area contributed by atoms with E-state index in [1.807, 2.05) is 19.2 Å². The molecule has 0 saturated carbocycles. The molecule has 1 saturated heterocycles. The molecule has 1 aromatic heterocycles. The van der Waals surface area contributed by atoms with E-state index in [1.165, 1.54) is 50.7 Å². The van der Waals surface area contributed by atoms with Crippen molar-refractivity contribution in [1.82, 2.24) is 30.7 Å². The van der Waals surface area contributed by atoms with Crippen molar-refractivity contribution in [2.45, 2.75) is 52.1 Å². The number of likely N-dealkylation sites (tertiary alicyclic amines) is 1. The van der Waals surface area contributed by atoms with E-state index >= 15 is 0 Å². The van der Waals surface area contributed by atoms with Gasteiger partial charge in [-0.2, -0.15) is 5.10 Å². The summed E-state index contributed by atoms with van der Waals surface area (Å²) in [6.07, 6.45) is 6.90. The van der Waals surface area contributed by atoms with Crippen LogP contribution in [0.2, 0.25) is 0 Å². The second-order valence-corrected chi connectivity index (χ2v) is 8.10. The van der Waals surface area contributed by atoms with Gasteiger partial charge in [0, 0.05) is 31.7 Å². The van der Waals surface area contributed by atoms with Crippen LogP contribution in [0, 0.1) is 5.92 Å². The van der Waals surface area contributed by atoms with Crippen LogP contribution in [0.25, 0.3) is 11.4 Å². The number of hydrogen-bond acceptors (Lipinski definition) is 4. The van der Waals surface area contributed by atoms with E-state index < -0.39 is 0 Å². The molecule has 0 aliphatic carbocycles. The molecule has 7 nitrogen and oxygen atoms in total. The molecule has 29 heavy (non-hydrogen) atoms. The number of aromatic amines is 1. The zero-order chi connectivity index (χ0) is 20.5. The summed E-state index contributed by atoms with van der Waals surface area (Å²) < 4.78 is 0. The standard InChI is InChI=1S/C22H35N7/c1-17(2)20(29-11-6-4-5-7-12-29)15-25-22(23-3)24-14-18-9-8-10-19(13-18)21-26-16-27-28-21/h8-10,13,16-17,20H,4-7,11-12,14-15H2,1-3H3,(H2,23,24,25)(H,26,27,28). The first kappa shape index (κ1) is 21.3. The van der Waals surface area contributed by atoms with Gasteiger partial charge in [-0.25, -0.2) is 4.98 Å². The lowest BCUT2D eigenvalue weighted by molar-refractivity contribution is 0.161. The van der Waals surface area contributed by atoms with Crippen LogP contribution >= 0.6 is 0 Å². The van der Waals surface area contributed by atoms with Gasteiger partial charge in [0.1, 0.15) is 6.33 Å². The summed E-state index contributed by atoms with van der Waals surface area (Å²) >= 11 is 0. The molecule has 3 rings (SSSR count). The Kier molecular flexibility index (Phi) is 8.04. The molecule has 1 atom stereocenters. The Bertz CT molecular complexity index is 746. The maximum Gasteiger partial charge on any atom is 0.191 e. The summed E-state index contributed by atoms with van der Waals surface area (Å²) in [6.45, 7) is 8.69. The number of aliphatic imine (C=N–C) groups is 1. The SMILES string of the molecule is CN=C(NCc1cccc(-c2ncn[nH]2)c1)NCC(C(C)C)N1CCCCCC1. The number of benzene rings is 1. The van der Waals surface area contributed by atoms with E-state index in [4.69, 9.17) is 0 Å². The van der Waals surface area contributed by atoms with Crippen LogP contribution in [0.4, 0.5) is 0 Å². The van der Waals surface area contributed by atoms with Crippen molar-refractivity contribution < 1.29 is 0 Å². The Hall–Kier alpha value is -2.41. The Morgan fingerprint density at radius 1 is 1.17 bits per heavy atom. The fourth-order valence-corrected chi connectivity index (χ4v) is 3.99. The van der Waals surface area contributed by atoms with Crippen LogP contribution < -0.4 is 10.6 Å². The topological polar surface area (TPSA) is 81.2 Å². The monoisotopic (exact) mass is 397 g/mol. The van der Waals surface area contributed by atoms with Gasteiger partial charge in [-0.3, -0.25) is 15.0 Å². The molecule has 1 aliphatic rings. The molecular formula is C22H35N7. The van der Waals surface area contributed by atoms with Crippen LogP contribution in [-0.2, 0) is 6.54 Å². The van der Waals surface area contributed by atoms with Gasteiger partial charge in [0.15, 0.2) is 11.8 Å². The number of nitrogens with one attached hydrogen (secondary N) is 3.